The van der Waals surface area contributed by atoms with Gasteiger partial charge in [-0.25, -0.2) is 0 Å². The molecule has 1 aliphatic carbocycles. The van der Waals surface area contributed by atoms with Gasteiger partial charge in [0.1, 0.15) is 0 Å². The molecule has 0 heterocycles. The third kappa shape index (κ3) is 0.943. The Morgan fingerprint density at radius 1 is 1.27 bits per heavy atom. The van der Waals surface area contributed by atoms with Crippen LogP contribution in [0.3, 0.4) is 0 Å². The molecule has 1 rings (SSSR count). The normalized spacial score (nSPS) is 29.9. The van der Waals surface area contributed by atoms with Gasteiger partial charge in [-0.1, -0.05) is 31.9 Å². The summed E-state index contributed by atoms with van der Waals surface area (Å²) >= 11 is 0. The summed E-state index contributed by atoms with van der Waals surface area (Å²) in [6.07, 6.45) is 0. The van der Waals surface area contributed by atoms with Crippen LogP contribution in [-0.2, 0) is 0 Å². The van der Waals surface area contributed by atoms with Crippen LogP contribution in [0.15, 0.2) is 11.1 Å². The molecule has 0 spiro atoms. The average Bonchev–Trinajstić information content (AvgIpc) is 2.06. The first kappa shape index (κ1) is 8.51. The van der Waals surface area contributed by atoms with Crippen molar-refractivity contribution in [3.8, 4) is 0 Å². The predicted octanol–water partition coefficient (Wildman–Crippen LogP) is 3.02. The van der Waals surface area contributed by atoms with E-state index in [-0.39, 0.29) is 5.41 Å². The van der Waals surface area contributed by atoms with E-state index in [2.05, 4.69) is 34.6 Å². The van der Waals surface area contributed by atoms with E-state index in [1.807, 2.05) is 0 Å². The third-order valence-corrected chi connectivity index (χ3v) is 3.28. The molecule has 11 heavy (non-hydrogen) atoms. The maximum Gasteiger partial charge on any atom is 0.0254 e. The molecule has 1 atom stereocenters. The molecule has 1 aliphatic rings. The summed E-state index contributed by atoms with van der Waals surface area (Å²) in [5, 5.41) is 7.88. The Labute approximate surface area is 69.0 Å². The van der Waals surface area contributed by atoms with E-state index < -0.39 is 0 Å². The number of nitrogens with one attached hydrogen (secondary N) is 1. The lowest BCUT2D eigenvalue weighted by Crippen LogP contribution is -2.22. The second-order valence-corrected chi connectivity index (χ2v) is 4.07. The quantitative estimate of drug-likeness (QED) is 0.515. The molecule has 0 bridgehead atoms. The highest BCUT2D eigenvalue weighted by molar-refractivity contribution is 5.96. The Kier molecular flexibility index (Phi) is 1.70. The van der Waals surface area contributed by atoms with Crippen LogP contribution in [0.25, 0.3) is 0 Å². The molecule has 1 heteroatoms. The SMILES string of the molecule is CC1=C(C)C(C)(C)C(=N)C1C. The molecular weight excluding hydrogens is 134 g/mol. The zero-order valence-corrected chi connectivity index (χ0v) is 8.08. The fourth-order valence-corrected chi connectivity index (χ4v) is 1.78. The van der Waals surface area contributed by atoms with E-state index in [4.69, 9.17) is 5.41 Å². The molecule has 0 saturated heterocycles. The van der Waals surface area contributed by atoms with Gasteiger partial charge in [0.05, 0.1) is 0 Å². The average molecular weight is 151 g/mol. The Bertz CT molecular complexity index is 233. The Morgan fingerprint density at radius 2 is 1.73 bits per heavy atom. The molecule has 0 aromatic carbocycles. The van der Waals surface area contributed by atoms with Crippen LogP contribution >= 0.6 is 0 Å². The van der Waals surface area contributed by atoms with Crippen molar-refractivity contribution in [1.29, 1.82) is 5.41 Å². The largest absolute Gasteiger partial charge is 0.308 e. The fourth-order valence-electron chi connectivity index (χ4n) is 1.78. The van der Waals surface area contributed by atoms with Crippen LogP contribution in [-0.4, -0.2) is 5.71 Å². The maximum absolute atomic E-state index is 7.88. The summed E-state index contributed by atoms with van der Waals surface area (Å²) in [6.45, 7) is 10.7. The van der Waals surface area contributed by atoms with Crippen LogP contribution < -0.4 is 0 Å². The lowest BCUT2D eigenvalue weighted by atomic mass is 9.83. The standard InChI is InChI=1S/C10H17N/c1-6-7(2)9(11)10(4,5)8(6)3/h7,11H,1-5H3. The van der Waals surface area contributed by atoms with Gasteiger partial charge in [-0.2, -0.15) is 0 Å². The van der Waals surface area contributed by atoms with Crippen LogP contribution in [0.2, 0.25) is 0 Å². The van der Waals surface area contributed by atoms with Crippen molar-refractivity contribution in [2.75, 3.05) is 0 Å². The molecule has 1 unspecified atom stereocenters. The van der Waals surface area contributed by atoms with E-state index in [9.17, 15) is 0 Å². The predicted molar refractivity (Wildman–Crippen MR) is 49.0 cm³/mol. The molecule has 0 amide bonds. The van der Waals surface area contributed by atoms with Gasteiger partial charge >= 0.3 is 0 Å². The Hall–Kier alpha value is -0.590. The molecule has 1 N–H and O–H groups in total. The topological polar surface area (TPSA) is 23.9 Å². The van der Waals surface area contributed by atoms with Gasteiger partial charge in [0.2, 0.25) is 0 Å². The van der Waals surface area contributed by atoms with Gasteiger partial charge in [-0.15, -0.1) is 0 Å². The van der Waals surface area contributed by atoms with E-state index >= 15 is 0 Å². The lowest BCUT2D eigenvalue weighted by Gasteiger charge is -2.21. The van der Waals surface area contributed by atoms with Gasteiger partial charge < -0.3 is 5.41 Å². The molecule has 62 valence electrons. The fraction of sp³-hybridized carbons (Fsp3) is 0.700. The molecule has 0 aliphatic heterocycles. The van der Waals surface area contributed by atoms with Crippen molar-refractivity contribution in [1.82, 2.24) is 0 Å². The molecular formula is C10H17N. The van der Waals surface area contributed by atoms with Gasteiger partial charge in [-0.3, -0.25) is 0 Å². The van der Waals surface area contributed by atoms with Crippen molar-refractivity contribution in [3.05, 3.63) is 11.1 Å². The van der Waals surface area contributed by atoms with Gasteiger partial charge in [0.15, 0.2) is 0 Å². The van der Waals surface area contributed by atoms with Crippen molar-refractivity contribution < 1.29 is 0 Å². The summed E-state index contributed by atoms with van der Waals surface area (Å²) in [6, 6.07) is 0. The van der Waals surface area contributed by atoms with E-state index in [0.717, 1.165) is 5.71 Å². The summed E-state index contributed by atoms with van der Waals surface area (Å²) < 4.78 is 0. The number of allylic oxidation sites excluding steroid dienone is 2. The number of hydrogen-bond donors (Lipinski definition) is 1. The first-order valence-corrected chi connectivity index (χ1v) is 4.15. The highest BCUT2D eigenvalue weighted by Gasteiger charge is 2.37. The summed E-state index contributed by atoms with van der Waals surface area (Å²) in [5.41, 5.74) is 3.66. The third-order valence-electron chi connectivity index (χ3n) is 3.28. The molecule has 0 aromatic heterocycles. The first-order valence-electron chi connectivity index (χ1n) is 4.15. The zero-order chi connectivity index (χ0) is 8.81. The van der Waals surface area contributed by atoms with Crippen LogP contribution in [0.4, 0.5) is 0 Å². The lowest BCUT2D eigenvalue weighted by molar-refractivity contribution is 0.626. The summed E-state index contributed by atoms with van der Waals surface area (Å²) in [7, 11) is 0. The highest BCUT2D eigenvalue weighted by Crippen LogP contribution is 2.42. The Balaban J connectivity index is 3.16. The minimum Gasteiger partial charge on any atom is -0.308 e. The second-order valence-electron chi connectivity index (χ2n) is 4.07. The summed E-state index contributed by atoms with van der Waals surface area (Å²) in [5.74, 6) is 0.366. The number of rotatable bonds is 0. The first-order chi connectivity index (χ1) is 4.89. The monoisotopic (exact) mass is 151 g/mol. The highest BCUT2D eigenvalue weighted by atomic mass is 14.6. The van der Waals surface area contributed by atoms with E-state index in [1.54, 1.807) is 0 Å². The molecule has 0 saturated carbocycles. The van der Waals surface area contributed by atoms with Crippen molar-refractivity contribution >= 4 is 5.71 Å². The molecule has 1 nitrogen and oxygen atoms in total. The second kappa shape index (κ2) is 2.20. The van der Waals surface area contributed by atoms with E-state index in [1.165, 1.54) is 11.1 Å². The van der Waals surface area contributed by atoms with Gasteiger partial charge in [-0.05, 0) is 13.8 Å². The minimum absolute atomic E-state index is 0.0174. The van der Waals surface area contributed by atoms with Crippen molar-refractivity contribution in [2.45, 2.75) is 34.6 Å². The van der Waals surface area contributed by atoms with Gasteiger partial charge in [0, 0.05) is 17.0 Å². The molecule has 0 aromatic rings. The smallest absolute Gasteiger partial charge is 0.0254 e. The van der Waals surface area contributed by atoms with Gasteiger partial charge in [0.25, 0.3) is 0 Å². The molecule has 0 radical (unpaired) electrons. The molecule has 0 fully saturated rings. The van der Waals surface area contributed by atoms with Crippen LogP contribution in [0.5, 0.6) is 0 Å². The maximum atomic E-state index is 7.88. The van der Waals surface area contributed by atoms with Crippen molar-refractivity contribution in [2.24, 2.45) is 11.3 Å². The summed E-state index contributed by atoms with van der Waals surface area (Å²) in [4.78, 5) is 0. The van der Waals surface area contributed by atoms with E-state index in [0.29, 0.717) is 5.92 Å². The number of hydrogen-bond acceptors (Lipinski definition) is 1. The van der Waals surface area contributed by atoms with Crippen molar-refractivity contribution in [3.63, 3.8) is 0 Å². The Morgan fingerprint density at radius 3 is 1.82 bits per heavy atom. The zero-order valence-electron chi connectivity index (χ0n) is 8.08. The minimum atomic E-state index is 0.0174. The van der Waals surface area contributed by atoms with Crippen LogP contribution in [0, 0.1) is 16.7 Å². The van der Waals surface area contributed by atoms with Crippen LogP contribution in [0.1, 0.15) is 34.6 Å².